The molecule has 3 aromatic rings. The second-order valence-electron chi connectivity index (χ2n) is 5.57. The van der Waals surface area contributed by atoms with E-state index in [-0.39, 0.29) is 11.9 Å². The first-order chi connectivity index (χ1) is 11.6. The van der Waals surface area contributed by atoms with Gasteiger partial charge in [0.2, 0.25) is 0 Å². The molecule has 0 bridgehead atoms. The molecule has 122 valence electrons. The molecule has 0 spiro atoms. The number of benzene rings is 2. The smallest absolute Gasteiger partial charge is 0.146 e. The standard InChI is InChI=1S/C19H19FN4/c1-13(15-8-4-3-5-9-15)21-18-12-19(23-14(2)22-18)24-17-11-7-6-10-16(17)20/h3-13H,1-2H3,(H2,21,22,23,24). The van der Waals surface area contributed by atoms with Gasteiger partial charge in [0.25, 0.3) is 0 Å². The van der Waals surface area contributed by atoms with E-state index in [1.54, 1.807) is 24.3 Å². The van der Waals surface area contributed by atoms with Crippen molar-refractivity contribution in [1.82, 2.24) is 9.97 Å². The summed E-state index contributed by atoms with van der Waals surface area (Å²) in [5.74, 6) is 1.54. The van der Waals surface area contributed by atoms with Crippen LogP contribution in [0.4, 0.5) is 21.7 Å². The highest BCUT2D eigenvalue weighted by Gasteiger charge is 2.09. The van der Waals surface area contributed by atoms with Crippen molar-refractivity contribution < 1.29 is 4.39 Å². The monoisotopic (exact) mass is 322 g/mol. The lowest BCUT2D eigenvalue weighted by Crippen LogP contribution is -2.09. The predicted molar refractivity (Wildman–Crippen MR) is 94.9 cm³/mol. The van der Waals surface area contributed by atoms with E-state index in [1.807, 2.05) is 25.1 Å². The van der Waals surface area contributed by atoms with Crippen LogP contribution in [-0.2, 0) is 0 Å². The van der Waals surface area contributed by atoms with Gasteiger partial charge in [0, 0.05) is 12.1 Å². The third-order valence-corrected chi connectivity index (χ3v) is 3.64. The fourth-order valence-corrected chi connectivity index (χ4v) is 2.45. The van der Waals surface area contributed by atoms with Gasteiger partial charge in [-0.1, -0.05) is 42.5 Å². The van der Waals surface area contributed by atoms with Crippen LogP contribution in [0, 0.1) is 12.7 Å². The Kier molecular flexibility index (Phi) is 4.70. The minimum absolute atomic E-state index is 0.0989. The van der Waals surface area contributed by atoms with E-state index < -0.39 is 0 Å². The van der Waals surface area contributed by atoms with Gasteiger partial charge in [0.15, 0.2) is 0 Å². The maximum atomic E-state index is 13.8. The molecule has 0 aliphatic rings. The van der Waals surface area contributed by atoms with Crippen molar-refractivity contribution in [3.05, 3.63) is 77.9 Å². The summed E-state index contributed by atoms with van der Waals surface area (Å²) in [5.41, 5.74) is 1.55. The molecule has 4 nitrogen and oxygen atoms in total. The molecular formula is C19H19FN4. The molecule has 5 heteroatoms. The predicted octanol–water partition coefficient (Wildman–Crippen LogP) is 4.84. The second-order valence-corrected chi connectivity index (χ2v) is 5.57. The average Bonchev–Trinajstić information content (AvgIpc) is 2.57. The molecule has 1 atom stereocenters. The van der Waals surface area contributed by atoms with Crippen LogP contribution in [0.5, 0.6) is 0 Å². The number of hydrogen-bond donors (Lipinski definition) is 2. The number of nitrogens with zero attached hydrogens (tertiary/aromatic N) is 2. The Labute approximate surface area is 140 Å². The fourth-order valence-electron chi connectivity index (χ4n) is 2.45. The van der Waals surface area contributed by atoms with Crippen molar-refractivity contribution in [3.8, 4) is 0 Å². The number of nitrogens with one attached hydrogen (secondary N) is 2. The van der Waals surface area contributed by atoms with E-state index in [0.29, 0.717) is 23.1 Å². The quantitative estimate of drug-likeness (QED) is 0.705. The zero-order valence-electron chi connectivity index (χ0n) is 13.6. The van der Waals surface area contributed by atoms with Crippen LogP contribution in [0.25, 0.3) is 0 Å². The summed E-state index contributed by atoms with van der Waals surface area (Å²) in [6.07, 6.45) is 0. The zero-order chi connectivity index (χ0) is 16.9. The van der Waals surface area contributed by atoms with Gasteiger partial charge in [0.1, 0.15) is 23.3 Å². The Balaban J connectivity index is 1.80. The van der Waals surface area contributed by atoms with E-state index in [9.17, 15) is 4.39 Å². The van der Waals surface area contributed by atoms with Gasteiger partial charge in [-0.15, -0.1) is 0 Å². The maximum Gasteiger partial charge on any atom is 0.146 e. The lowest BCUT2D eigenvalue weighted by Gasteiger charge is -2.16. The third kappa shape index (κ3) is 3.87. The van der Waals surface area contributed by atoms with Crippen molar-refractivity contribution in [2.24, 2.45) is 0 Å². The van der Waals surface area contributed by atoms with Crippen molar-refractivity contribution in [2.45, 2.75) is 19.9 Å². The normalized spacial score (nSPS) is 11.8. The Morgan fingerprint density at radius 2 is 1.58 bits per heavy atom. The summed E-state index contributed by atoms with van der Waals surface area (Å²) >= 11 is 0. The molecule has 3 rings (SSSR count). The summed E-state index contributed by atoms with van der Waals surface area (Å²) in [7, 11) is 0. The molecule has 0 aliphatic heterocycles. The number of para-hydroxylation sites is 1. The molecule has 0 amide bonds. The highest BCUT2D eigenvalue weighted by molar-refractivity contribution is 5.60. The van der Waals surface area contributed by atoms with E-state index >= 15 is 0 Å². The van der Waals surface area contributed by atoms with Crippen molar-refractivity contribution in [3.63, 3.8) is 0 Å². The SMILES string of the molecule is Cc1nc(Nc2ccccc2F)cc(NC(C)c2ccccc2)n1. The van der Waals surface area contributed by atoms with Crippen LogP contribution in [0.1, 0.15) is 24.4 Å². The number of aryl methyl sites for hydroxylation is 1. The first kappa shape index (κ1) is 15.9. The number of halogens is 1. The first-order valence-corrected chi connectivity index (χ1v) is 7.80. The summed E-state index contributed by atoms with van der Waals surface area (Å²) in [5, 5.41) is 6.36. The second kappa shape index (κ2) is 7.08. The maximum absolute atomic E-state index is 13.8. The Bertz CT molecular complexity index is 821. The summed E-state index contributed by atoms with van der Waals surface area (Å²) in [4.78, 5) is 8.73. The zero-order valence-corrected chi connectivity index (χ0v) is 13.6. The highest BCUT2D eigenvalue weighted by atomic mass is 19.1. The number of aromatic nitrogens is 2. The molecule has 1 heterocycles. The van der Waals surface area contributed by atoms with E-state index in [2.05, 4.69) is 39.7 Å². The lowest BCUT2D eigenvalue weighted by molar-refractivity contribution is 0.632. The van der Waals surface area contributed by atoms with Crippen LogP contribution in [-0.4, -0.2) is 9.97 Å². The minimum atomic E-state index is -0.319. The molecule has 0 saturated carbocycles. The van der Waals surface area contributed by atoms with E-state index in [1.165, 1.54) is 6.07 Å². The van der Waals surface area contributed by atoms with Crippen LogP contribution >= 0.6 is 0 Å². The van der Waals surface area contributed by atoms with Gasteiger partial charge in [-0.3, -0.25) is 0 Å². The average molecular weight is 322 g/mol. The summed E-state index contributed by atoms with van der Waals surface area (Å²) in [6.45, 7) is 3.88. The molecule has 1 aromatic heterocycles. The van der Waals surface area contributed by atoms with Crippen LogP contribution in [0.3, 0.4) is 0 Å². The van der Waals surface area contributed by atoms with Gasteiger partial charge in [0.05, 0.1) is 5.69 Å². The topological polar surface area (TPSA) is 49.8 Å². The van der Waals surface area contributed by atoms with Gasteiger partial charge in [-0.2, -0.15) is 0 Å². The fraction of sp³-hybridized carbons (Fsp3) is 0.158. The molecular weight excluding hydrogens is 303 g/mol. The van der Waals surface area contributed by atoms with Crippen molar-refractivity contribution in [2.75, 3.05) is 10.6 Å². The molecule has 0 aliphatic carbocycles. The molecule has 0 saturated heterocycles. The molecule has 1 unspecified atom stereocenters. The van der Waals surface area contributed by atoms with Gasteiger partial charge < -0.3 is 10.6 Å². The number of hydrogen-bond acceptors (Lipinski definition) is 4. The molecule has 0 fully saturated rings. The molecule has 2 N–H and O–H groups in total. The largest absolute Gasteiger partial charge is 0.363 e. The third-order valence-electron chi connectivity index (χ3n) is 3.64. The van der Waals surface area contributed by atoms with Crippen LogP contribution in [0.2, 0.25) is 0 Å². The molecule has 24 heavy (non-hydrogen) atoms. The Hall–Kier alpha value is -2.95. The number of rotatable bonds is 5. The van der Waals surface area contributed by atoms with Crippen molar-refractivity contribution >= 4 is 17.3 Å². The number of anilines is 3. The van der Waals surface area contributed by atoms with E-state index in [0.717, 1.165) is 5.56 Å². The Morgan fingerprint density at radius 1 is 0.917 bits per heavy atom. The van der Waals surface area contributed by atoms with E-state index in [4.69, 9.17) is 0 Å². The minimum Gasteiger partial charge on any atom is -0.363 e. The van der Waals surface area contributed by atoms with Gasteiger partial charge in [-0.05, 0) is 31.5 Å². The molecule has 2 aromatic carbocycles. The van der Waals surface area contributed by atoms with Crippen LogP contribution < -0.4 is 10.6 Å². The Morgan fingerprint density at radius 3 is 2.33 bits per heavy atom. The summed E-state index contributed by atoms with van der Waals surface area (Å²) < 4.78 is 13.8. The highest BCUT2D eigenvalue weighted by Crippen LogP contribution is 2.22. The lowest BCUT2D eigenvalue weighted by atomic mass is 10.1. The first-order valence-electron chi connectivity index (χ1n) is 7.80. The van der Waals surface area contributed by atoms with Gasteiger partial charge >= 0.3 is 0 Å². The van der Waals surface area contributed by atoms with Gasteiger partial charge in [-0.25, -0.2) is 14.4 Å². The van der Waals surface area contributed by atoms with Crippen molar-refractivity contribution in [1.29, 1.82) is 0 Å². The van der Waals surface area contributed by atoms with Crippen LogP contribution in [0.15, 0.2) is 60.7 Å². The molecule has 0 radical (unpaired) electrons. The summed E-state index contributed by atoms with van der Waals surface area (Å²) in [6, 6.07) is 18.5.